The van der Waals surface area contributed by atoms with Gasteiger partial charge < -0.3 is 10.1 Å². The Morgan fingerprint density at radius 1 is 1.12 bits per heavy atom. The summed E-state index contributed by atoms with van der Waals surface area (Å²) in [5.74, 6) is 0.379. The summed E-state index contributed by atoms with van der Waals surface area (Å²) in [5.41, 5.74) is 1.48. The molecule has 2 aromatic rings. The van der Waals surface area contributed by atoms with Crippen LogP contribution in [0.4, 0.5) is 10.5 Å². The molecular formula is C18H14Cl2N2O3S. The first-order valence-electron chi connectivity index (χ1n) is 7.56. The van der Waals surface area contributed by atoms with Crippen molar-refractivity contribution in [2.45, 2.75) is 0 Å². The van der Waals surface area contributed by atoms with Gasteiger partial charge in [0, 0.05) is 5.69 Å². The maximum absolute atomic E-state index is 12.5. The molecule has 1 aliphatic rings. The molecule has 0 spiro atoms. The van der Waals surface area contributed by atoms with Gasteiger partial charge in [0.15, 0.2) is 0 Å². The smallest absolute Gasteiger partial charge is 0.295 e. The number of anilines is 1. The van der Waals surface area contributed by atoms with Crippen LogP contribution in [0.25, 0.3) is 6.08 Å². The number of nitrogens with zero attached hydrogens (tertiary/aromatic N) is 1. The lowest BCUT2D eigenvalue weighted by Crippen LogP contribution is -2.33. The Labute approximate surface area is 164 Å². The summed E-state index contributed by atoms with van der Waals surface area (Å²) in [6, 6.07) is 12.2. The monoisotopic (exact) mass is 408 g/mol. The standard InChI is InChI=1S/C18H14Cl2N2O3S/c1-25-13-5-2-11(3-6-13)8-16-17(23)22(18(24)26-16)10-21-12-4-7-14(19)15(20)9-12/h2-9,21H,10H2,1H3/b16-8-. The molecule has 0 radical (unpaired) electrons. The normalized spacial score (nSPS) is 15.7. The van der Waals surface area contributed by atoms with Crippen molar-refractivity contribution >= 4 is 57.9 Å². The van der Waals surface area contributed by atoms with E-state index in [0.717, 1.165) is 28.0 Å². The second kappa shape index (κ2) is 8.03. The quantitative estimate of drug-likeness (QED) is 0.696. The lowest BCUT2D eigenvalue weighted by molar-refractivity contribution is -0.122. The van der Waals surface area contributed by atoms with Gasteiger partial charge in [0.1, 0.15) is 5.75 Å². The molecule has 2 aromatic carbocycles. The molecule has 8 heteroatoms. The molecule has 1 saturated heterocycles. The van der Waals surface area contributed by atoms with Crippen molar-refractivity contribution in [2.75, 3.05) is 19.1 Å². The Morgan fingerprint density at radius 3 is 2.50 bits per heavy atom. The number of nitrogens with one attached hydrogen (secondary N) is 1. The number of halogens is 2. The van der Waals surface area contributed by atoms with Crippen molar-refractivity contribution in [1.82, 2.24) is 4.90 Å². The predicted molar refractivity (Wildman–Crippen MR) is 106 cm³/mol. The van der Waals surface area contributed by atoms with E-state index >= 15 is 0 Å². The van der Waals surface area contributed by atoms with E-state index in [4.69, 9.17) is 27.9 Å². The van der Waals surface area contributed by atoms with Gasteiger partial charge in [0.25, 0.3) is 11.1 Å². The zero-order valence-electron chi connectivity index (χ0n) is 13.7. The highest BCUT2D eigenvalue weighted by Crippen LogP contribution is 2.32. The van der Waals surface area contributed by atoms with Crippen LogP contribution < -0.4 is 10.1 Å². The Bertz CT molecular complexity index is 885. The Morgan fingerprint density at radius 2 is 1.85 bits per heavy atom. The van der Waals surface area contributed by atoms with E-state index in [1.54, 1.807) is 43.5 Å². The lowest BCUT2D eigenvalue weighted by Gasteiger charge is -2.14. The minimum absolute atomic E-state index is 0.0442. The van der Waals surface area contributed by atoms with Crippen molar-refractivity contribution in [3.63, 3.8) is 0 Å². The number of rotatable bonds is 5. The van der Waals surface area contributed by atoms with Crippen molar-refractivity contribution < 1.29 is 14.3 Å². The first-order valence-corrected chi connectivity index (χ1v) is 9.13. The fourth-order valence-corrected chi connectivity index (χ4v) is 3.40. The van der Waals surface area contributed by atoms with Crippen LogP contribution in [0.3, 0.4) is 0 Å². The van der Waals surface area contributed by atoms with E-state index in [9.17, 15) is 9.59 Å². The van der Waals surface area contributed by atoms with Crippen LogP contribution in [0.2, 0.25) is 10.0 Å². The van der Waals surface area contributed by atoms with Crippen molar-refractivity contribution in [3.8, 4) is 5.75 Å². The SMILES string of the molecule is COc1ccc(/C=C2\SC(=O)N(CNc3ccc(Cl)c(Cl)c3)C2=O)cc1. The fraction of sp³-hybridized carbons (Fsp3) is 0.111. The number of carbonyl (C=O) groups is 2. The third-order valence-corrected chi connectivity index (χ3v) is 5.29. The van der Waals surface area contributed by atoms with Crippen LogP contribution in [0, 0.1) is 0 Å². The number of carbonyl (C=O) groups excluding carboxylic acids is 2. The van der Waals surface area contributed by atoms with Crippen LogP contribution in [0.1, 0.15) is 5.56 Å². The van der Waals surface area contributed by atoms with Crippen LogP contribution in [-0.4, -0.2) is 29.8 Å². The maximum atomic E-state index is 12.5. The second-order valence-corrected chi connectivity index (χ2v) is 7.15. The maximum Gasteiger partial charge on any atom is 0.295 e. The van der Waals surface area contributed by atoms with E-state index in [1.807, 2.05) is 12.1 Å². The number of imide groups is 1. The number of thioether (sulfide) groups is 1. The van der Waals surface area contributed by atoms with Crippen molar-refractivity contribution in [2.24, 2.45) is 0 Å². The number of amides is 2. The molecule has 2 amide bonds. The van der Waals surface area contributed by atoms with Gasteiger partial charge in [0.05, 0.1) is 28.7 Å². The molecule has 0 bridgehead atoms. The Kier molecular flexibility index (Phi) is 5.76. The first-order chi connectivity index (χ1) is 12.5. The van der Waals surface area contributed by atoms with Crippen LogP contribution >= 0.6 is 35.0 Å². The third kappa shape index (κ3) is 4.15. The highest BCUT2D eigenvalue weighted by Gasteiger charge is 2.34. The van der Waals surface area contributed by atoms with Crippen LogP contribution in [-0.2, 0) is 4.79 Å². The van der Waals surface area contributed by atoms with Gasteiger partial charge in [-0.2, -0.15) is 0 Å². The van der Waals surface area contributed by atoms with E-state index in [1.165, 1.54) is 0 Å². The van der Waals surface area contributed by atoms with Gasteiger partial charge in [-0.3, -0.25) is 14.5 Å². The molecule has 3 rings (SSSR count). The molecule has 0 saturated carbocycles. The molecule has 0 aliphatic carbocycles. The highest BCUT2D eigenvalue weighted by atomic mass is 35.5. The zero-order chi connectivity index (χ0) is 18.7. The van der Waals surface area contributed by atoms with E-state index in [2.05, 4.69) is 5.32 Å². The van der Waals surface area contributed by atoms with E-state index in [0.29, 0.717) is 20.6 Å². The summed E-state index contributed by atoms with van der Waals surface area (Å²) in [6.07, 6.45) is 1.68. The van der Waals surface area contributed by atoms with Gasteiger partial charge in [-0.05, 0) is 53.7 Å². The fourth-order valence-electron chi connectivity index (χ4n) is 2.26. The van der Waals surface area contributed by atoms with Crippen LogP contribution in [0.5, 0.6) is 5.75 Å². The number of hydrogen-bond donors (Lipinski definition) is 1. The van der Waals surface area contributed by atoms with Crippen molar-refractivity contribution in [3.05, 3.63) is 63.0 Å². The molecular weight excluding hydrogens is 395 g/mol. The topological polar surface area (TPSA) is 58.6 Å². The summed E-state index contributed by atoms with van der Waals surface area (Å²) in [6.45, 7) is 0.0442. The summed E-state index contributed by atoms with van der Waals surface area (Å²) in [7, 11) is 1.58. The molecule has 1 fully saturated rings. The molecule has 1 N–H and O–H groups in total. The predicted octanol–water partition coefficient (Wildman–Crippen LogP) is 5.11. The molecule has 26 heavy (non-hydrogen) atoms. The molecule has 134 valence electrons. The second-order valence-electron chi connectivity index (χ2n) is 5.35. The van der Waals surface area contributed by atoms with Gasteiger partial charge in [-0.15, -0.1) is 0 Å². The summed E-state index contributed by atoms with van der Waals surface area (Å²) < 4.78 is 5.10. The molecule has 1 aliphatic heterocycles. The highest BCUT2D eigenvalue weighted by molar-refractivity contribution is 8.18. The van der Waals surface area contributed by atoms with Crippen LogP contribution in [0.15, 0.2) is 47.4 Å². The minimum Gasteiger partial charge on any atom is -0.497 e. The van der Waals surface area contributed by atoms with Crippen molar-refractivity contribution in [1.29, 1.82) is 0 Å². The molecule has 0 aromatic heterocycles. The molecule has 1 heterocycles. The zero-order valence-corrected chi connectivity index (χ0v) is 16.0. The average molecular weight is 409 g/mol. The number of ether oxygens (including phenoxy) is 1. The number of hydrogen-bond acceptors (Lipinski definition) is 5. The first kappa shape index (κ1) is 18.6. The van der Waals surface area contributed by atoms with E-state index in [-0.39, 0.29) is 17.8 Å². The molecule has 0 atom stereocenters. The average Bonchev–Trinajstić information content (AvgIpc) is 2.90. The Balaban J connectivity index is 1.69. The lowest BCUT2D eigenvalue weighted by atomic mass is 10.2. The summed E-state index contributed by atoms with van der Waals surface area (Å²) >= 11 is 12.7. The number of methoxy groups -OCH3 is 1. The van der Waals surface area contributed by atoms with Gasteiger partial charge in [-0.1, -0.05) is 35.3 Å². The summed E-state index contributed by atoms with van der Waals surface area (Å²) in [5, 5.41) is 3.50. The van der Waals surface area contributed by atoms with Gasteiger partial charge in [-0.25, -0.2) is 0 Å². The third-order valence-electron chi connectivity index (χ3n) is 3.65. The van der Waals surface area contributed by atoms with Gasteiger partial charge in [0.2, 0.25) is 0 Å². The number of benzene rings is 2. The van der Waals surface area contributed by atoms with Gasteiger partial charge >= 0.3 is 0 Å². The molecule has 5 nitrogen and oxygen atoms in total. The largest absolute Gasteiger partial charge is 0.497 e. The molecule has 0 unspecified atom stereocenters. The van der Waals surface area contributed by atoms with E-state index < -0.39 is 0 Å². The summed E-state index contributed by atoms with van der Waals surface area (Å²) in [4.78, 5) is 26.2. The minimum atomic E-state index is -0.344. The Hall–Kier alpha value is -2.15.